The zero-order valence-electron chi connectivity index (χ0n) is 16.8. The number of benzene rings is 1. The zero-order chi connectivity index (χ0) is 23.0. The molecular formula is C18H23ClF3N3O4S. The second-order valence-electron chi connectivity index (χ2n) is 7.67. The van der Waals surface area contributed by atoms with Crippen LogP contribution in [0.15, 0.2) is 12.1 Å². The predicted molar refractivity (Wildman–Crippen MR) is 107 cm³/mol. The van der Waals surface area contributed by atoms with Gasteiger partial charge >= 0.3 is 12.2 Å². The summed E-state index contributed by atoms with van der Waals surface area (Å²) < 4.78 is 64.3. The Morgan fingerprint density at radius 1 is 1.20 bits per heavy atom. The van der Waals surface area contributed by atoms with Crippen LogP contribution in [-0.2, 0) is 14.8 Å². The summed E-state index contributed by atoms with van der Waals surface area (Å²) in [6, 6.07) is 2.17. The van der Waals surface area contributed by atoms with Crippen molar-refractivity contribution in [3.05, 3.63) is 28.3 Å². The van der Waals surface area contributed by atoms with E-state index in [0.29, 0.717) is 21.8 Å². The molecule has 0 spiro atoms. The maximum absolute atomic E-state index is 12.6. The zero-order valence-corrected chi connectivity index (χ0v) is 18.4. The van der Waals surface area contributed by atoms with Crippen LogP contribution in [0.25, 0.3) is 0 Å². The molecule has 0 radical (unpaired) electrons. The fourth-order valence-electron chi connectivity index (χ4n) is 3.13. The second kappa shape index (κ2) is 8.62. The second-order valence-corrected chi connectivity index (χ2v) is 9.94. The van der Waals surface area contributed by atoms with E-state index in [1.807, 2.05) is 27.7 Å². The molecule has 1 aliphatic rings. The van der Waals surface area contributed by atoms with Gasteiger partial charge in [-0.2, -0.15) is 13.2 Å². The highest BCUT2D eigenvalue weighted by molar-refractivity contribution is 7.90. The fourth-order valence-corrected chi connectivity index (χ4v) is 4.70. The van der Waals surface area contributed by atoms with Gasteiger partial charge in [-0.05, 0) is 35.1 Å². The minimum absolute atomic E-state index is 0.0559. The van der Waals surface area contributed by atoms with Gasteiger partial charge in [-0.15, -0.1) is 0 Å². The van der Waals surface area contributed by atoms with E-state index in [-0.39, 0.29) is 16.7 Å². The number of alkyl halides is 3. The Kier molecular flexibility index (Phi) is 6.97. The van der Waals surface area contributed by atoms with Gasteiger partial charge in [-0.3, -0.25) is 4.79 Å². The Bertz CT molecular complexity index is 919. The highest BCUT2D eigenvalue weighted by Crippen LogP contribution is 2.35. The van der Waals surface area contributed by atoms with Crippen LogP contribution in [0, 0.1) is 0 Å². The number of nitrogens with one attached hydrogen (secondary N) is 2. The van der Waals surface area contributed by atoms with Crippen molar-refractivity contribution in [2.24, 2.45) is 0 Å². The van der Waals surface area contributed by atoms with Crippen molar-refractivity contribution in [3.8, 4) is 0 Å². The maximum Gasteiger partial charge on any atom is 0.406 e. The summed E-state index contributed by atoms with van der Waals surface area (Å²) >= 11 is 6.15. The van der Waals surface area contributed by atoms with Gasteiger partial charge in [0.1, 0.15) is 6.54 Å². The van der Waals surface area contributed by atoms with Gasteiger partial charge in [-0.1, -0.05) is 39.3 Å². The van der Waals surface area contributed by atoms with Crippen LogP contribution < -0.4 is 10.0 Å². The SMILES string of the molecule is CC(C)c1cc(Cl)cc(C(C)C)c1NC(=O)NS(=O)(=O)C1CC(=O)N1CC(F)(F)F. The average Bonchev–Trinajstić information content (AvgIpc) is 2.57. The number of nitrogens with zero attached hydrogens (tertiary/aromatic N) is 1. The molecule has 1 aromatic carbocycles. The lowest BCUT2D eigenvalue weighted by Crippen LogP contribution is -2.62. The number of sulfonamides is 1. The van der Waals surface area contributed by atoms with E-state index in [1.54, 1.807) is 16.9 Å². The van der Waals surface area contributed by atoms with Gasteiger partial charge in [-0.25, -0.2) is 17.9 Å². The molecule has 12 heteroatoms. The van der Waals surface area contributed by atoms with Crippen LogP contribution in [0.3, 0.4) is 0 Å². The first-order chi connectivity index (χ1) is 13.6. The third-order valence-electron chi connectivity index (χ3n) is 4.61. The molecule has 1 fully saturated rings. The van der Waals surface area contributed by atoms with Gasteiger partial charge in [0.2, 0.25) is 5.91 Å². The van der Waals surface area contributed by atoms with E-state index in [4.69, 9.17) is 11.6 Å². The number of β-lactam (4-membered cyclic amide) rings is 1. The summed E-state index contributed by atoms with van der Waals surface area (Å²) in [6.07, 6.45) is -5.39. The van der Waals surface area contributed by atoms with E-state index >= 15 is 0 Å². The van der Waals surface area contributed by atoms with Crippen molar-refractivity contribution in [1.29, 1.82) is 0 Å². The monoisotopic (exact) mass is 469 g/mol. The van der Waals surface area contributed by atoms with Crippen molar-refractivity contribution in [2.75, 3.05) is 11.9 Å². The van der Waals surface area contributed by atoms with Gasteiger partial charge in [0.25, 0.3) is 10.0 Å². The molecular weight excluding hydrogens is 447 g/mol. The summed E-state index contributed by atoms with van der Waals surface area (Å²) in [7, 11) is -4.55. The predicted octanol–water partition coefficient (Wildman–Crippen LogP) is 4.16. The molecule has 1 unspecified atom stereocenters. The molecule has 1 saturated heterocycles. The minimum Gasteiger partial charge on any atom is -0.314 e. The lowest BCUT2D eigenvalue weighted by molar-refractivity contribution is -0.173. The maximum atomic E-state index is 12.6. The molecule has 3 amide bonds. The highest BCUT2D eigenvalue weighted by atomic mass is 35.5. The minimum atomic E-state index is -4.76. The Labute approximate surface area is 178 Å². The van der Waals surface area contributed by atoms with Crippen LogP contribution >= 0.6 is 11.6 Å². The third kappa shape index (κ3) is 5.57. The van der Waals surface area contributed by atoms with E-state index in [0.717, 1.165) is 0 Å². The molecule has 1 atom stereocenters. The van der Waals surface area contributed by atoms with Crippen molar-refractivity contribution in [1.82, 2.24) is 9.62 Å². The van der Waals surface area contributed by atoms with E-state index < -0.39 is 46.5 Å². The number of urea groups is 1. The molecule has 0 bridgehead atoms. The number of carbonyl (C=O) groups excluding carboxylic acids is 2. The summed E-state index contributed by atoms with van der Waals surface area (Å²) in [6.45, 7) is 5.76. The molecule has 7 nitrogen and oxygen atoms in total. The molecule has 1 aliphatic heterocycles. The lowest BCUT2D eigenvalue weighted by Gasteiger charge is -2.39. The van der Waals surface area contributed by atoms with Crippen LogP contribution in [0.2, 0.25) is 5.02 Å². The topological polar surface area (TPSA) is 95.6 Å². The summed E-state index contributed by atoms with van der Waals surface area (Å²) in [5, 5.41) is 1.18. The first kappa shape index (κ1) is 24.3. The van der Waals surface area contributed by atoms with Crippen LogP contribution in [0.5, 0.6) is 0 Å². The molecule has 0 aliphatic carbocycles. The number of hydrogen-bond acceptors (Lipinski definition) is 4. The quantitative estimate of drug-likeness (QED) is 0.611. The van der Waals surface area contributed by atoms with Gasteiger partial charge in [0.05, 0.1) is 6.42 Å². The first-order valence-corrected chi connectivity index (χ1v) is 11.1. The van der Waals surface area contributed by atoms with E-state index in [1.165, 1.54) is 0 Å². The smallest absolute Gasteiger partial charge is 0.314 e. The molecule has 2 N–H and O–H groups in total. The molecule has 1 aromatic rings. The van der Waals surface area contributed by atoms with Crippen molar-refractivity contribution >= 4 is 39.2 Å². The van der Waals surface area contributed by atoms with E-state index in [2.05, 4.69) is 5.32 Å². The van der Waals surface area contributed by atoms with Crippen LogP contribution in [-0.4, -0.2) is 43.4 Å². The number of likely N-dealkylation sites (tertiary alicyclic amines) is 1. The van der Waals surface area contributed by atoms with Gasteiger partial charge < -0.3 is 10.2 Å². The summed E-state index contributed by atoms with van der Waals surface area (Å²) in [4.78, 5) is 24.0. The number of hydrogen-bond donors (Lipinski definition) is 2. The number of rotatable bonds is 6. The molecule has 0 saturated carbocycles. The standard InChI is InChI=1S/C18H23ClF3N3O4S/c1-9(2)12-5-11(19)6-13(10(3)4)16(12)23-17(27)24-30(28,29)15-7-14(26)25(15)8-18(20,21)22/h5-6,9-10,15H,7-8H2,1-4H3,(H2,23,24,27). The highest BCUT2D eigenvalue weighted by Gasteiger charge is 2.50. The Morgan fingerprint density at radius 2 is 1.70 bits per heavy atom. The molecule has 1 heterocycles. The third-order valence-corrected chi connectivity index (χ3v) is 6.43. The van der Waals surface area contributed by atoms with Gasteiger partial charge in [0, 0.05) is 10.7 Å². The van der Waals surface area contributed by atoms with E-state index in [9.17, 15) is 31.2 Å². The summed E-state index contributed by atoms with van der Waals surface area (Å²) in [5.41, 5.74) is 1.74. The van der Waals surface area contributed by atoms with Crippen LogP contribution in [0.4, 0.5) is 23.7 Å². The fraction of sp³-hybridized carbons (Fsp3) is 0.556. The van der Waals surface area contributed by atoms with Gasteiger partial charge in [0.15, 0.2) is 5.37 Å². The number of halogens is 4. The first-order valence-electron chi connectivity index (χ1n) is 9.14. The Balaban J connectivity index is 2.24. The van der Waals surface area contributed by atoms with Crippen molar-refractivity contribution in [3.63, 3.8) is 0 Å². The number of amides is 3. The summed E-state index contributed by atoms with van der Waals surface area (Å²) in [5.74, 6) is -1.07. The molecule has 2 rings (SSSR count). The van der Waals surface area contributed by atoms with Crippen molar-refractivity contribution in [2.45, 2.75) is 57.5 Å². The average molecular weight is 470 g/mol. The molecule has 30 heavy (non-hydrogen) atoms. The molecule has 168 valence electrons. The van der Waals surface area contributed by atoms with Crippen LogP contribution in [0.1, 0.15) is 57.1 Å². The van der Waals surface area contributed by atoms with Crippen molar-refractivity contribution < 1.29 is 31.2 Å². The Hall–Kier alpha value is -2.01. The number of carbonyl (C=O) groups is 2. The lowest BCUT2D eigenvalue weighted by atomic mass is 9.92. The Morgan fingerprint density at radius 3 is 2.10 bits per heavy atom. The molecule has 0 aromatic heterocycles. The largest absolute Gasteiger partial charge is 0.406 e. The number of anilines is 1. The normalized spacial score (nSPS) is 17.3.